The van der Waals surface area contributed by atoms with E-state index in [0.29, 0.717) is 0 Å². The van der Waals surface area contributed by atoms with Crippen molar-refractivity contribution in [2.75, 3.05) is 0 Å². The summed E-state index contributed by atoms with van der Waals surface area (Å²) in [4.78, 5) is 14.2. The van der Waals surface area contributed by atoms with E-state index in [1.807, 2.05) is 36.7 Å². The van der Waals surface area contributed by atoms with Crippen LogP contribution in [-0.2, 0) is 13.1 Å². The number of nitrogens with one attached hydrogen (secondary N) is 3. The number of aromatic nitrogens is 5. The quantitative estimate of drug-likeness (QED) is 0.172. The van der Waals surface area contributed by atoms with Gasteiger partial charge in [-0.25, -0.2) is 4.98 Å². The number of rotatable bonds is 9. The van der Waals surface area contributed by atoms with Crippen LogP contribution in [0, 0.1) is 6.92 Å². The Bertz CT molecular complexity index is 1760. The van der Waals surface area contributed by atoms with Crippen molar-refractivity contribution >= 4 is 27.9 Å². The molecule has 0 saturated heterocycles. The lowest BCUT2D eigenvalue weighted by atomic mass is 10.0. The Morgan fingerprint density at radius 2 is 1.87 bits per heavy atom. The first-order valence-corrected chi connectivity index (χ1v) is 13.7. The van der Waals surface area contributed by atoms with E-state index in [-0.39, 0.29) is 0 Å². The van der Waals surface area contributed by atoms with Crippen LogP contribution in [0.1, 0.15) is 27.3 Å². The second-order valence-corrected chi connectivity index (χ2v) is 10.3. The molecule has 192 valence electrons. The molecule has 0 spiro atoms. The van der Waals surface area contributed by atoms with Crippen LogP contribution in [0.25, 0.3) is 39.3 Å². The van der Waals surface area contributed by atoms with Crippen LogP contribution >= 0.6 is 11.3 Å². The molecule has 0 bridgehead atoms. The molecule has 0 aliphatic heterocycles. The number of hydrogen-bond acceptors (Lipinski definition) is 5. The summed E-state index contributed by atoms with van der Waals surface area (Å²) >= 11 is 1.71. The molecular weight excluding hydrogens is 500 g/mol. The maximum atomic E-state index is 5.02. The SMILES string of the molecule is C=C/C=C(/c1cccs1)c1cc(-c2n[nH]c3ccc(-c4cncc(CNCc5ccccc5)c4)nc23)[nH]c1C. The van der Waals surface area contributed by atoms with E-state index in [0.717, 1.165) is 69.2 Å². The average Bonchev–Trinajstić information content (AvgIpc) is 3.72. The normalized spacial score (nSPS) is 11.8. The average molecular weight is 529 g/mol. The predicted octanol–water partition coefficient (Wildman–Crippen LogP) is 7.29. The van der Waals surface area contributed by atoms with Crippen molar-refractivity contribution in [3.05, 3.63) is 130 Å². The number of hydrogen-bond donors (Lipinski definition) is 3. The molecule has 0 unspecified atom stereocenters. The van der Waals surface area contributed by atoms with E-state index in [1.165, 1.54) is 10.4 Å². The second kappa shape index (κ2) is 11.0. The summed E-state index contributed by atoms with van der Waals surface area (Å²) in [5.41, 5.74) is 10.9. The number of fused-ring (bicyclic) bond motifs is 1. The first-order valence-electron chi connectivity index (χ1n) is 12.8. The van der Waals surface area contributed by atoms with Gasteiger partial charge in [0, 0.05) is 52.8 Å². The fourth-order valence-corrected chi connectivity index (χ4v) is 5.50. The number of thiophene rings is 1. The van der Waals surface area contributed by atoms with Crippen molar-refractivity contribution in [1.82, 2.24) is 30.5 Å². The Balaban J connectivity index is 1.29. The number of aromatic amines is 2. The molecule has 0 atom stereocenters. The minimum Gasteiger partial charge on any atom is -0.357 e. The molecule has 6 nitrogen and oxygen atoms in total. The van der Waals surface area contributed by atoms with Crippen LogP contribution < -0.4 is 5.32 Å². The summed E-state index contributed by atoms with van der Waals surface area (Å²) < 4.78 is 0. The zero-order valence-electron chi connectivity index (χ0n) is 21.6. The number of benzene rings is 1. The standard InChI is InChI=1S/C32H28N6S/c1-3-8-25(30-11-7-14-39-30)26-16-29(35-21(26)2)32-31-28(37-38-32)13-12-27(36-31)24-15-23(19-34-20-24)18-33-17-22-9-5-4-6-10-22/h3-16,19-20,33,35H,1,17-18H2,2H3,(H,37,38)/b25-8+. The number of aryl methyl sites for hydroxylation is 1. The van der Waals surface area contributed by atoms with Gasteiger partial charge in [0.05, 0.1) is 16.9 Å². The lowest BCUT2D eigenvalue weighted by molar-refractivity contribution is 0.691. The molecule has 1 aromatic carbocycles. The highest BCUT2D eigenvalue weighted by Gasteiger charge is 2.17. The minimum atomic E-state index is 0.726. The molecule has 5 heterocycles. The predicted molar refractivity (Wildman–Crippen MR) is 160 cm³/mol. The van der Waals surface area contributed by atoms with E-state index in [4.69, 9.17) is 4.98 Å². The number of allylic oxidation sites excluding steroid dienone is 2. The Morgan fingerprint density at radius 3 is 2.69 bits per heavy atom. The molecule has 0 saturated carbocycles. The molecular formula is C32H28N6S. The van der Waals surface area contributed by atoms with Gasteiger partial charge in [-0.2, -0.15) is 5.10 Å². The molecule has 6 aromatic rings. The molecule has 39 heavy (non-hydrogen) atoms. The zero-order valence-corrected chi connectivity index (χ0v) is 22.4. The summed E-state index contributed by atoms with van der Waals surface area (Å²) in [5, 5.41) is 13.4. The van der Waals surface area contributed by atoms with E-state index >= 15 is 0 Å². The fraction of sp³-hybridized carbons (Fsp3) is 0.0938. The molecule has 0 fully saturated rings. The van der Waals surface area contributed by atoms with Crippen molar-refractivity contribution in [2.45, 2.75) is 20.0 Å². The van der Waals surface area contributed by atoms with Gasteiger partial charge >= 0.3 is 0 Å². The summed E-state index contributed by atoms with van der Waals surface area (Å²) in [6, 6.07) is 22.9. The zero-order chi connectivity index (χ0) is 26.6. The topological polar surface area (TPSA) is 82.3 Å². The minimum absolute atomic E-state index is 0.726. The van der Waals surface area contributed by atoms with Crippen LogP contribution in [0.15, 0.2) is 103 Å². The van der Waals surface area contributed by atoms with Crippen LogP contribution in [0.4, 0.5) is 0 Å². The maximum absolute atomic E-state index is 5.02. The van der Waals surface area contributed by atoms with E-state index in [9.17, 15) is 0 Å². The van der Waals surface area contributed by atoms with Crippen molar-refractivity contribution in [3.8, 4) is 22.6 Å². The first kappa shape index (κ1) is 24.7. The third-order valence-corrected chi connectivity index (χ3v) is 7.53. The van der Waals surface area contributed by atoms with Crippen molar-refractivity contribution < 1.29 is 0 Å². The summed E-state index contributed by atoms with van der Waals surface area (Å²) in [6.07, 6.45) is 7.64. The van der Waals surface area contributed by atoms with Gasteiger partial charge in [0.25, 0.3) is 0 Å². The Morgan fingerprint density at radius 1 is 1.00 bits per heavy atom. The summed E-state index contributed by atoms with van der Waals surface area (Å²) in [5.74, 6) is 0. The lowest BCUT2D eigenvalue weighted by Gasteiger charge is -2.07. The smallest absolute Gasteiger partial charge is 0.135 e. The van der Waals surface area contributed by atoms with Gasteiger partial charge in [0.2, 0.25) is 0 Å². The van der Waals surface area contributed by atoms with Gasteiger partial charge < -0.3 is 10.3 Å². The van der Waals surface area contributed by atoms with Crippen LogP contribution in [0.5, 0.6) is 0 Å². The summed E-state index contributed by atoms with van der Waals surface area (Å²) in [6.45, 7) is 7.54. The molecule has 6 rings (SSSR count). The fourth-order valence-electron chi connectivity index (χ4n) is 4.74. The molecule has 7 heteroatoms. The molecule has 0 aliphatic rings. The van der Waals surface area contributed by atoms with Crippen LogP contribution in [0.2, 0.25) is 0 Å². The molecule has 0 aliphatic carbocycles. The largest absolute Gasteiger partial charge is 0.357 e. The third kappa shape index (κ3) is 5.23. The highest BCUT2D eigenvalue weighted by atomic mass is 32.1. The Hall–Kier alpha value is -4.59. The first-order chi connectivity index (χ1) is 19.2. The molecule has 0 radical (unpaired) electrons. The van der Waals surface area contributed by atoms with E-state index in [2.05, 4.69) is 99.0 Å². The monoisotopic (exact) mass is 528 g/mol. The van der Waals surface area contributed by atoms with Crippen molar-refractivity contribution in [3.63, 3.8) is 0 Å². The number of H-pyrrole nitrogens is 2. The van der Waals surface area contributed by atoms with Crippen molar-refractivity contribution in [1.29, 1.82) is 0 Å². The Kier molecular flexibility index (Phi) is 6.99. The highest BCUT2D eigenvalue weighted by Crippen LogP contribution is 2.34. The molecule has 5 aromatic heterocycles. The van der Waals surface area contributed by atoms with E-state index < -0.39 is 0 Å². The van der Waals surface area contributed by atoms with Crippen LogP contribution in [0.3, 0.4) is 0 Å². The van der Waals surface area contributed by atoms with Gasteiger partial charge in [0.1, 0.15) is 11.2 Å². The van der Waals surface area contributed by atoms with E-state index in [1.54, 1.807) is 11.3 Å². The van der Waals surface area contributed by atoms with Crippen LogP contribution in [-0.4, -0.2) is 25.1 Å². The number of nitrogens with zero attached hydrogens (tertiary/aromatic N) is 3. The lowest BCUT2D eigenvalue weighted by Crippen LogP contribution is -2.12. The summed E-state index contributed by atoms with van der Waals surface area (Å²) in [7, 11) is 0. The third-order valence-electron chi connectivity index (χ3n) is 6.63. The molecule has 0 amide bonds. The van der Waals surface area contributed by atoms with Gasteiger partial charge in [-0.15, -0.1) is 11.3 Å². The maximum Gasteiger partial charge on any atom is 0.135 e. The molecule has 3 N–H and O–H groups in total. The van der Waals surface area contributed by atoms with Gasteiger partial charge in [-0.05, 0) is 53.8 Å². The highest BCUT2D eigenvalue weighted by molar-refractivity contribution is 7.11. The van der Waals surface area contributed by atoms with Gasteiger partial charge in [-0.1, -0.05) is 55.1 Å². The Labute approximate surface area is 231 Å². The van der Waals surface area contributed by atoms with Gasteiger partial charge in [-0.3, -0.25) is 10.1 Å². The number of pyridine rings is 2. The van der Waals surface area contributed by atoms with Gasteiger partial charge in [0.15, 0.2) is 0 Å². The van der Waals surface area contributed by atoms with Crippen molar-refractivity contribution in [2.24, 2.45) is 0 Å². The second-order valence-electron chi connectivity index (χ2n) is 9.35.